The third kappa shape index (κ3) is 5.65. The van der Waals surface area contributed by atoms with Crippen LogP contribution in [0, 0.1) is 23.7 Å². The molecule has 0 N–H and O–H groups in total. The molecule has 0 radical (unpaired) electrons. The maximum absolute atomic E-state index is 12.3. The van der Waals surface area contributed by atoms with Crippen LogP contribution in [0.2, 0.25) is 0 Å². The van der Waals surface area contributed by atoms with E-state index in [9.17, 15) is 8.78 Å². The Balaban J connectivity index is 1.40. The Morgan fingerprint density at radius 3 is 2.31 bits per heavy atom. The Bertz CT molecular complexity index is 457. The summed E-state index contributed by atoms with van der Waals surface area (Å²) in [5, 5.41) is 0. The lowest BCUT2D eigenvalue weighted by molar-refractivity contribution is -0.170. The summed E-state index contributed by atoms with van der Waals surface area (Å²) in [4.78, 5) is 0. The molecular weight excluding hydrogens is 330 g/mol. The van der Waals surface area contributed by atoms with Gasteiger partial charge in [0.2, 0.25) is 0 Å². The Hall–Kier alpha value is -0.700. The van der Waals surface area contributed by atoms with Crippen molar-refractivity contribution in [1.29, 1.82) is 0 Å². The zero-order valence-electron chi connectivity index (χ0n) is 16.2. The van der Waals surface area contributed by atoms with Gasteiger partial charge in [0.05, 0.1) is 6.10 Å². The molecule has 3 aliphatic carbocycles. The van der Waals surface area contributed by atoms with Crippen molar-refractivity contribution in [3.8, 4) is 0 Å². The van der Waals surface area contributed by atoms with E-state index >= 15 is 0 Å². The molecular formula is C23H36F2O. The number of alkyl halides is 2. The van der Waals surface area contributed by atoms with Gasteiger partial charge in [-0.2, -0.15) is 8.78 Å². The van der Waals surface area contributed by atoms with Crippen LogP contribution in [0.1, 0.15) is 83.5 Å². The highest BCUT2D eigenvalue weighted by Gasteiger charge is 2.31. The Morgan fingerprint density at radius 2 is 1.73 bits per heavy atom. The normalized spacial score (nSPS) is 36.0. The number of hydrogen-bond acceptors (Lipinski definition) is 1. The van der Waals surface area contributed by atoms with Crippen LogP contribution in [0.5, 0.6) is 0 Å². The van der Waals surface area contributed by atoms with E-state index in [4.69, 9.17) is 4.74 Å². The predicted octanol–water partition coefficient (Wildman–Crippen LogP) is 7.28. The van der Waals surface area contributed by atoms with Gasteiger partial charge in [-0.1, -0.05) is 30.6 Å². The average Bonchev–Trinajstić information content (AvgIpc) is 2.67. The highest BCUT2D eigenvalue weighted by Crippen LogP contribution is 2.43. The van der Waals surface area contributed by atoms with Crippen LogP contribution in [0.15, 0.2) is 24.3 Å². The summed E-state index contributed by atoms with van der Waals surface area (Å²) in [6.07, 6.45) is 20.1. The van der Waals surface area contributed by atoms with E-state index in [1.807, 2.05) is 0 Å². The second-order valence-corrected chi connectivity index (χ2v) is 8.83. The first-order chi connectivity index (χ1) is 12.7. The van der Waals surface area contributed by atoms with Crippen molar-refractivity contribution in [2.24, 2.45) is 23.7 Å². The molecule has 1 atom stereocenters. The van der Waals surface area contributed by atoms with E-state index in [0.717, 1.165) is 43.4 Å². The van der Waals surface area contributed by atoms with Gasteiger partial charge in [-0.3, -0.25) is 0 Å². The van der Waals surface area contributed by atoms with Crippen LogP contribution in [-0.2, 0) is 4.74 Å². The fourth-order valence-corrected chi connectivity index (χ4v) is 5.69. The summed E-state index contributed by atoms with van der Waals surface area (Å²) in [6.45, 7) is 1.24. The van der Waals surface area contributed by atoms with Crippen molar-refractivity contribution in [2.75, 3.05) is 0 Å². The third-order valence-electron chi connectivity index (χ3n) is 7.32. The van der Waals surface area contributed by atoms with E-state index in [2.05, 4.69) is 18.7 Å². The highest BCUT2D eigenvalue weighted by molar-refractivity contribution is 5.12. The molecule has 3 rings (SSSR count). The third-order valence-corrected chi connectivity index (χ3v) is 7.32. The van der Waals surface area contributed by atoms with Crippen molar-refractivity contribution >= 4 is 0 Å². The smallest absolute Gasteiger partial charge is 0.320 e. The minimum Gasteiger partial charge on any atom is -0.320 e. The molecule has 0 aromatic heterocycles. The molecule has 0 aliphatic heterocycles. The second-order valence-electron chi connectivity index (χ2n) is 8.83. The minimum atomic E-state index is -2.61. The fraction of sp³-hybridized carbons (Fsp3) is 0.826. The van der Waals surface area contributed by atoms with Gasteiger partial charge < -0.3 is 4.74 Å². The first-order valence-corrected chi connectivity index (χ1v) is 10.9. The second kappa shape index (κ2) is 10.0. The van der Waals surface area contributed by atoms with Crippen LogP contribution >= 0.6 is 0 Å². The van der Waals surface area contributed by atoms with Gasteiger partial charge in [0.15, 0.2) is 0 Å². The van der Waals surface area contributed by atoms with E-state index in [0.29, 0.717) is 5.92 Å². The van der Waals surface area contributed by atoms with Crippen LogP contribution < -0.4 is 0 Å². The SMILES string of the molecule is C=CCCC1CCC(C2CC=C(C3CCC(OC(F)F)CC3)CC2)CC1. The summed E-state index contributed by atoms with van der Waals surface area (Å²) in [6, 6.07) is 0. The van der Waals surface area contributed by atoms with Gasteiger partial charge >= 0.3 is 6.61 Å². The number of ether oxygens (including phenoxy) is 1. The van der Waals surface area contributed by atoms with Crippen LogP contribution in [0.25, 0.3) is 0 Å². The molecule has 0 saturated heterocycles. The lowest BCUT2D eigenvalue weighted by atomic mass is 9.69. The van der Waals surface area contributed by atoms with Crippen LogP contribution in [0.3, 0.4) is 0 Å². The highest BCUT2D eigenvalue weighted by atomic mass is 19.3. The van der Waals surface area contributed by atoms with Gasteiger partial charge in [-0.15, -0.1) is 6.58 Å². The zero-order valence-corrected chi connectivity index (χ0v) is 16.2. The summed E-state index contributed by atoms with van der Waals surface area (Å²) in [5.41, 5.74) is 1.62. The summed E-state index contributed by atoms with van der Waals surface area (Å²) in [7, 11) is 0. The molecule has 0 amide bonds. The molecule has 0 bridgehead atoms. The van der Waals surface area contributed by atoms with Gasteiger partial charge in [0.1, 0.15) is 0 Å². The number of hydrogen-bond donors (Lipinski definition) is 0. The summed E-state index contributed by atoms with van der Waals surface area (Å²) in [5.74, 6) is 3.38. The maximum Gasteiger partial charge on any atom is 0.345 e. The lowest BCUT2D eigenvalue weighted by Gasteiger charge is -2.37. The van der Waals surface area contributed by atoms with Crippen molar-refractivity contribution in [3.05, 3.63) is 24.3 Å². The first-order valence-electron chi connectivity index (χ1n) is 10.9. The molecule has 148 valence electrons. The molecule has 0 spiro atoms. The van der Waals surface area contributed by atoms with E-state index in [1.165, 1.54) is 57.8 Å². The molecule has 3 heteroatoms. The first kappa shape index (κ1) is 20.0. The van der Waals surface area contributed by atoms with Crippen LogP contribution in [-0.4, -0.2) is 12.7 Å². The molecule has 1 nitrogen and oxygen atoms in total. The molecule has 26 heavy (non-hydrogen) atoms. The Labute approximate surface area is 158 Å². The average molecular weight is 367 g/mol. The summed E-state index contributed by atoms with van der Waals surface area (Å²) < 4.78 is 29.4. The molecule has 2 fully saturated rings. The van der Waals surface area contributed by atoms with Gasteiger partial charge in [-0.05, 0) is 94.3 Å². The number of rotatable bonds is 7. The Morgan fingerprint density at radius 1 is 1.00 bits per heavy atom. The summed E-state index contributed by atoms with van der Waals surface area (Å²) >= 11 is 0. The van der Waals surface area contributed by atoms with Crippen molar-refractivity contribution in [1.82, 2.24) is 0 Å². The maximum atomic E-state index is 12.3. The van der Waals surface area contributed by atoms with E-state index < -0.39 is 6.61 Å². The van der Waals surface area contributed by atoms with Crippen molar-refractivity contribution in [3.63, 3.8) is 0 Å². The lowest BCUT2D eigenvalue weighted by Crippen LogP contribution is -2.27. The van der Waals surface area contributed by atoms with Crippen LogP contribution in [0.4, 0.5) is 8.78 Å². The molecule has 0 aromatic rings. The molecule has 0 heterocycles. The standard InChI is InChI=1S/C23H36F2O/c1-2-3-4-17-5-7-18(8-6-17)19-9-11-20(12-10-19)21-13-15-22(16-14-21)26-23(24)25/h2,11,17-19,21-23H,1,3-10,12-16H2. The largest absolute Gasteiger partial charge is 0.345 e. The van der Waals surface area contributed by atoms with E-state index in [1.54, 1.807) is 5.57 Å². The quantitative estimate of drug-likeness (QED) is 0.430. The topological polar surface area (TPSA) is 9.23 Å². The number of allylic oxidation sites excluding steroid dienone is 3. The van der Waals surface area contributed by atoms with Gasteiger partial charge in [0, 0.05) is 0 Å². The van der Waals surface area contributed by atoms with E-state index in [-0.39, 0.29) is 6.10 Å². The molecule has 0 aromatic carbocycles. The fourth-order valence-electron chi connectivity index (χ4n) is 5.69. The molecule has 1 unspecified atom stereocenters. The molecule has 2 saturated carbocycles. The Kier molecular flexibility index (Phi) is 7.72. The van der Waals surface area contributed by atoms with Gasteiger partial charge in [0.25, 0.3) is 0 Å². The van der Waals surface area contributed by atoms with Gasteiger partial charge in [-0.25, -0.2) is 0 Å². The number of halogens is 2. The monoisotopic (exact) mass is 366 g/mol. The van der Waals surface area contributed by atoms with Crippen molar-refractivity contribution < 1.29 is 13.5 Å². The zero-order chi connectivity index (χ0) is 18.4. The minimum absolute atomic E-state index is 0.223. The van der Waals surface area contributed by atoms with Crippen molar-refractivity contribution in [2.45, 2.75) is 96.2 Å². The predicted molar refractivity (Wildman–Crippen MR) is 103 cm³/mol. The molecule has 3 aliphatic rings.